The van der Waals surface area contributed by atoms with Crippen molar-refractivity contribution in [3.63, 3.8) is 0 Å². The SMILES string of the molecule is Cc1cccc(-c2cc(Cl)cc(C#N)c2)c1F. The molecular weight excluding hydrogens is 237 g/mol. The molecule has 0 aliphatic heterocycles. The van der Waals surface area contributed by atoms with Gasteiger partial charge in [0.05, 0.1) is 11.6 Å². The molecule has 0 aliphatic carbocycles. The zero-order valence-corrected chi connectivity index (χ0v) is 9.92. The zero-order chi connectivity index (χ0) is 12.4. The van der Waals surface area contributed by atoms with Gasteiger partial charge in [0.25, 0.3) is 0 Å². The molecule has 0 saturated carbocycles. The Morgan fingerprint density at radius 1 is 1.24 bits per heavy atom. The second-order valence-corrected chi connectivity index (χ2v) is 4.21. The molecule has 0 heterocycles. The first-order chi connectivity index (χ1) is 8.11. The predicted octanol–water partition coefficient (Wildman–Crippen LogP) is 4.33. The normalized spacial score (nSPS) is 10.0. The van der Waals surface area contributed by atoms with Crippen LogP contribution in [0.5, 0.6) is 0 Å². The molecule has 0 N–H and O–H groups in total. The highest BCUT2D eigenvalue weighted by Gasteiger charge is 2.08. The molecule has 0 amide bonds. The second kappa shape index (κ2) is 4.57. The fraction of sp³-hybridized carbons (Fsp3) is 0.0714. The standard InChI is InChI=1S/C14H9ClFN/c1-9-3-2-4-13(14(9)16)11-5-10(8-17)6-12(15)7-11/h2-7H,1H3. The van der Waals surface area contributed by atoms with Gasteiger partial charge in [-0.15, -0.1) is 0 Å². The third-order valence-corrected chi connectivity index (χ3v) is 2.75. The number of rotatable bonds is 1. The van der Waals surface area contributed by atoms with Gasteiger partial charge in [-0.2, -0.15) is 5.26 Å². The summed E-state index contributed by atoms with van der Waals surface area (Å²) in [5.74, 6) is -0.279. The Morgan fingerprint density at radius 2 is 2.00 bits per heavy atom. The largest absolute Gasteiger partial charge is 0.206 e. The molecule has 0 radical (unpaired) electrons. The van der Waals surface area contributed by atoms with E-state index in [4.69, 9.17) is 16.9 Å². The zero-order valence-electron chi connectivity index (χ0n) is 9.17. The highest BCUT2D eigenvalue weighted by molar-refractivity contribution is 6.31. The molecule has 3 heteroatoms. The minimum absolute atomic E-state index is 0.279. The van der Waals surface area contributed by atoms with Crippen LogP contribution in [0.3, 0.4) is 0 Å². The Morgan fingerprint density at radius 3 is 2.71 bits per heavy atom. The monoisotopic (exact) mass is 245 g/mol. The number of hydrogen-bond donors (Lipinski definition) is 0. The van der Waals surface area contributed by atoms with Gasteiger partial charge in [-0.3, -0.25) is 0 Å². The molecule has 0 spiro atoms. The van der Waals surface area contributed by atoms with E-state index in [1.807, 2.05) is 6.07 Å². The molecule has 1 nitrogen and oxygen atoms in total. The van der Waals surface area contributed by atoms with Gasteiger partial charge >= 0.3 is 0 Å². The van der Waals surface area contributed by atoms with E-state index < -0.39 is 0 Å². The van der Waals surface area contributed by atoms with Crippen LogP contribution in [0.15, 0.2) is 36.4 Å². The third-order valence-electron chi connectivity index (χ3n) is 2.53. The van der Waals surface area contributed by atoms with Gasteiger partial charge in [0.15, 0.2) is 0 Å². The Labute approximate surface area is 104 Å². The van der Waals surface area contributed by atoms with E-state index in [2.05, 4.69) is 0 Å². The summed E-state index contributed by atoms with van der Waals surface area (Å²) in [6.07, 6.45) is 0. The van der Waals surface area contributed by atoms with Gasteiger partial charge in [-0.05, 0) is 36.2 Å². The molecule has 2 rings (SSSR count). The van der Waals surface area contributed by atoms with Crippen LogP contribution in [0.1, 0.15) is 11.1 Å². The lowest BCUT2D eigenvalue weighted by Gasteiger charge is -2.06. The van der Waals surface area contributed by atoms with Crippen molar-refractivity contribution in [3.05, 3.63) is 58.4 Å². The number of hydrogen-bond acceptors (Lipinski definition) is 1. The molecular formula is C14H9ClFN. The van der Waals surface area contributed by atoms with Crippen molar-refractivity contribution in [1.82, 2.24) is 0 Å². The lowest BCUT2D eigenvalue weighted by Crippen LogP contribution is -1.89. The molecule has 0 atom stereocenters. The summed E-state index contributed by atoms with van der Waals surface area (Å²) in [5.41, 5.74) is 2.08. The number of benzene rings is 2. The van der Waals surface area contributed by atoms with Gasteiger partial charge < -0.3 is 0 Å². The van der Waals surface area contributed by atoms with Crippen molar-refractivity contribution in [2.75, 3.05) is 0 Å². The summed E-state index contributed by atoms with van der Waals surface area (Å²) in [4.78, 5) is 0. The fourth-order valence-corrected chi connectivity index (χ4v) is 1.92. The Kier molecular flexibility index (Phi) is 3.12. The molecule has 0 aliphatic rings. The number of nitriles is 1. The van der Waals surface area contributed by atoms with Gasteiger partial charge in [0, 0.05) is 10.6 Å². The van der Waals surface area contributed by atoms with Crippen LogP contribution in [-0.4, -0.2) is 0 Å². The summed E-state index contributed by atoms with van der Waals surface area (Å²) in [6, 6.07) is 12.0. The molecule has 2 aromatic rings. The smallest absolute Gasteiger partial charge is 0.133 e. The molecule has 0 unspecified atom stereocenters. The summed E-state index contributed by atoms with van der Waals surface area (Å²) in [5, 5.41) is 9.29. The van der Waals surface area contributed by atoms with Crippen molar-refractivity contribution in [2.24, 2.45) is 0 Å². The third kappa shape index (κ3) is 2.30. The minimum Gasteiger partial charge on any atom is -0.206 e. The molecule has 17 heavy (non-hydrogen) atoms. The molecule has 84 valence electrons. The van der Waals surface area contributed by atoms with Crippen molar-refractivity contribution >= 4 is 11.6 Å². The van der Waals surface area contributed by atoms with Crippen LogP contribution >= 0.6 is 11.6 Å². The summed E-state index contributed by atoms with van der Waals surface area (Å²) in [6.45, 7) is 1.70. The summed E-state index contributed by atoms with van der Waals surface area (Å²) >= 11 is 5.90. The first-order valence-electron chi connectivity index (χ1n) is 5.08. The average molecular weight is 246 g/mol. The van der Waals surface area contributed by atoms with Gasteiger partial charge in [-0.25, -0.2) is 4.39 Å². The maximum Gasteiger partial charge on any atom is 0.133 e. The topological polar surface area (TPSA) is 23.8 Å². The van der Waals surface area contributed by atoms with Crippen LogP contribution < -0.4 is 0 Å². The molecule has 0 fully saturated rings. The van der Waals surface area contributed by atoms with E-state index in [1.165, 1.54) is 0 Å². The highest BCUT2D eigenvalue weighted by atomic mass is 35.5. The lowest BCUT2D eigenvalue weighted by atomic mass is 10.0. The van der Waals surface area contributed by atoms with Crippen molar-refractivity contribution in [2.45, 2.75) is 6.92 Å². The number of aryl methyl sites for hydroxylation is 1. The number of nitrogens with zero attached hydrogens (tertiary/aromatic N) is 1. The quantitative estimate of drug-likeness (QED) is 0.734. The van der Waals surface area contributed by atoms with Crippen LogP contribution in [0.4, 0.5) is 4.39 Å². The average Bonchev–Trinajstić information content (AvgIpc) is 2.31. The molecule has 0 saturated heterocycles. The Balaban J connectivity index is 2.65. The lowest BCUT2D eigenvalue weighted by molar-refractivity contribution is 0.622. The van der Waals surface area contributed by atoms with E-state index >= 15 is 0 Å². The molecule has 0 bridgehead atoms. The fourth-order valence-electron chi connectivity index (χ4n) is 1.68. The predicted molar refractivity (Wildman–Crippen MR) is 66.3 cm³/mol. The minimum atomic E-state index is -0.279. The van der Waals surface area contributed by atoms with Gasteiger partial charge in [0.2, 0.25) is 0 Å². The van der Waals surface area contributed by atoms with E-state index in [0.29, 0.717) is 27.3 Å². The maximum atomic E-state index is 13.9. The van der Waals surface area contributed by atoms with E-state index in [-0.39, 0.29) is 5.82 Å². The van der Waals surface area contributed by atoms with E-state index in [0.717, 1.165) is 0 Å². The van der Waals surface area contributed by atoms with Crippen LogP contribution in [0, 0.1) is 24.1 Å². The molecule has 0 aromatic heterocycles. The van der Waals surface area contributed by atoms with E-state index in [9.17, 15) is 4.39 Å². The second-order valence-electron chi connectivity index (χ2n) is 3.78. The Hall–Kier alpha value is -1.85. The summed E-state index contributed by atoms with van der Waals surface area (Å²) < 4.78 is 13.9. The van der Waals surface area contributed by atoms with E-state index in [1.54, 1.807) is 43.3 Å². The van der Waals surface area contributed by atoms with Crippen LogP contribution in [0.2, 0.25) is 5.02 Å². The molecule has 2 aromatic carbocycles. The summed E-state index contributed by atoms with van der Waals surface area (Å²) in [7, 11) is 0. The first-order valence-corrected chi connectivity index (χ1v) is 5.46. The van der Waals surface area contributed by atoms with Crippen molar-refractivity contribution < 1.29 is 4.39 Å². The number of halogens is 2. The van der Waals surface area contributed by atoms with Gasteiger partial charge in [0.1, 0.15) is 5.82 Å². The highest BCUT2D eigenvalue weighted by Crippen LogP contribution is 2.28. The van der Waals surface area contributed by atoms with Crippen molar-refractivity contribution in [3.8, 4) is 17.2 Å². The van der Waals surface area contributed by atoms with Crippen molar-refractivity contribution in [1.29, 1.82) is 5.26 Å². The first kappa shape index (κ1) is 11.6. The van der Waals surface area contributed by atoms with Crippen LogP contribution in [-0.2, 0) is 0 Å². The maximum absolute atomic E-state index is 13.9. The van der Waals surface area contributed by atoms with Crippen LogP contribution in [0.25, 0.3) is 11.1 Å². The van der Waals surface area contributed by atoms with Gasteiger partial charge in [-0.1, -0.05) is 29.8 Å². The Bertz CT molecular complexity index is 614.